The van der Waals surface area contributed by atoms with Gasteiger partial charge in [0.05, 0.1) is 5.52 Å². The van der Waals surface area contributed by atoms with Crippen molar-refractivity contribution in [2.75, 3.05) is 0 Å². The first kappa shape index (κ1) is 15.3. The number of carbonyl (C=O) groups is 1. The molecule has 116 valence electrons. The summed E-state index contributed by atoms with van der Waals surface area (Å²) in [4.78, 5) is 13.1. The smallest absolute Gasteiger partial charge is 0.419 e. The lowest BCUT2D eigenvalue weighted by atomic mass is 10.1. The highest BCUT2D eigenvalue weighted by molar-refractivity contribution is 7.11. The van der Waals surface area contributed by atoms with Crippen molar-refractivity contribution in [3.05, 3.63) is 46.8 Å². The molecule has 4 nitrogen and oxygen atoms in total. The number of nitrogens with zero attached hydrogens (tertiary/aromatic N) is 2. The van der Waals surface area contributed by atoms with E-state index < -0.39 is 11.7 Å². The number of nitriles is 1. The van der Waals surface area contributed by atoms with Gasteiger partial charge in [-0.3, -0.25) is 4.57 Å². The van der Waals surface area contributed by atoms with E-state index in [0.29, 0.717) is 4.88 Å². The van der Waals surface area contributed by atoms with E-state index in [4.69, 9.17) is 4.74 Å². The van der Waals surface area contributed by atoms with Crippen LogP contribution in [0.25, 0.3) is 22.0 Å². The van der Waals surface area contributed by atoms with Gasteiger partial charge >= 0.3 is 6.09 Å². The molecule has 23 heavy (non-hydrogen) atoms. The second-order valence-corrected chi connectivity index (χ2v) is 7.10. The van der Waals surface area contributed by atoms with Gasteiger partial charge in [-0.1, -0.05) is 18.2 Å². The predicted molar refractivity (Wildman–Crippen MR) is 91.6 cm³/mol. The molecule has 0 radical (unpaired) electrons. The van der Waals surface area contributed by atoms with Crippen LogP contribution in [0.5, 0.6) is 0 Å². The van der Waals surface area contributed by atoms with Crippen molar-refractivity contribution < 1.29 is 9.53 Å². The van der Waals surface area contributed by atoms with Crippen LogP contribution >= 0.6 is 11.3 Å². The Morgan fingerprint density at radius 1 is 1.22 bits per heavy atom. The third-order valence-electron chi connectivity index (χ3n) is 3.36. The average Bonchev–Trinajstić information content (AvgIpc) is 3.09. The van der Waals surface area contributed by atoms with E-state index in [0.717, 1.165) is 22.0 Å². The standard InChI is InChI=1S/C18H16N2O2S/c1-18(2,3)22-17(21)20-11-14(12-6-4-5-7-15(12)20)13-8-9-23-16(13)10-19/h4-9,11H,1-3H3. The van der Waals surface area contributed by atoms with E-state index in [-0.39, 0.29) is 0 Å². The monoisotopic (exact) mass is 324 g/mol. The van der Waals surface area contributed by atoms with Gasteiger partial charge in [0, 0.05) is 22.7 Å². The Balaban J connectivity index is 2.19. The van der Waals surface area contributed by atoms with Crippen LogP contribution in [0.4, 0.5) is 4.79 Å². The maximum Gasteiger partial charge on any atom is 0.419 e. The summed E-state index contributed by atoms with van der Waals surface area (Å²) in [5.74, 6) is 0. The Bertz CT molecular complexity index is 923. The summed E-state index contributed by atoms with van der Waals surface area (Å²) >= 11 is 1.39. The molecule has 5 heteroatoms. The highest BCUT2D eigenvalue weighted by Crippen LogP contribution is 2.35. The number of thiophene rings is 1. The molecule has 2 aromatic heterocycles. The summed E-state index contributed by atoms with van der Waals surface area (Å²) in [5, 5.41) is 12.1. The fourth-order valence-corrected chi connectivity index (χ4v) is 3.16. The summed E-state index contributed by atoms with van der Waals surface area (Å²) in [5.41, 5.74) is 1.91. The Hall–Kier alpha value is -2.58. The van der Waals surface area contributed by atoms with Crippen LogP contribution < -0.4 is 0 Å². The van der Waals surface area contributed by atoms with E-state index in [9.17, 15) is 10.1 Å². The minimum atomic E-state index is -0.567. The third-order valence-corrected chi connectivity index (χ3v) is 4.18. The van der Waals surface area contributed by atoms with Crippen molar-refractivity contribution in [2.45, 2.75) is 26.4 Å². The lowest BCUT2D eigenvalue weighted by molar-refractivity contribution is 0.0544. The van der Waals surface area contributed by atoms with E-state index in [1.165, 1.54) is 15.9 Å². The molecule has 0 aliphatic carbocycles. The zero-order valence-corrected chi connectivity index (χ0v) is 14.0. The minimum absolute atomic E-state index is 0.423. The molecule has 3 aromatic rings. The fraction of sp³-hybridized carbons (Fsp3) is 0.222. The van der Waals surface area contributed by atoms with Crippen molar-refractivity contribution in [1.29, 1.82) is 5.26 Å². The quantitative estimate of drug-likeness (QED) is 0.631. The van der Waals surface area contributed by atoms with Gasteiger partial charge in [-0.05, 0) is 38.3 Å². The lowest BCUT2D eigenvalue weighted by Gasteiger charge is -2.19. The summed E-state index contributed by atoms with van der Waals surface area (Å²) in [6.07, 6.45) is 1.33. The average molecular weight is 324 g/mol. The van der Waals surface area contributed by atoms with Gasteiger partial charge in [0.2, 0.25) is 0 Å². The number of hydrogen-bond donors (Lipinski definition) is 0. The second kappa shape index (κ2) is 5.56. The Labute approximate surface area is 138 Å². The van der Waals surface area contributed by atoms with E-state index in [1.54, 1.807) is 6.20 Å². The fourth-order valence-electron chi connectivity index (χ4n) is 2.46. The van der Waals surface area contributed by atoms with Crippen LogP contribution in [-0.2, 0) is 4.74 Å². The van der Waals surface area contributed by atoms with Crippen molar-refractivity contribution in [2.24, 2.45) is 0 Å². The van der Waals surface area contributed by atoms with Crippen molar-refractivity contribution in [3.8, 4) is 17.2 Å². The number of carbonyl (C=O) groups excluding carboxylic acids is 1. The molecule has 0 atom stereocenters. The summed E-state index contributed by atoms with van der Waals surface area (Å²) in [7, 11) is 0. The maximum absolute atomic E-state index is 12.5. The first-order chi connectivity index (χ1) is 10.9. The molecule has 0 aliphatic heterocycles. The SMILES string of the molecule is CC(C)(C)OC(=O)n1cc(-c2ccsc2C#N)c2ccccc21. The van der Waals surface area contributed by atoms with Crippen LogP contribution in [-0.4, -0.2) is 16.3 Å². The van der Waals surface area contributed by atoms with Crippen molar-refractivity contribution in [1.82, 2.24) is 4.57 Å². The first-order valence-corrected chi connectivity index (χ1v) is 8.10. The lowest BCUT2D eigenvalue weighted by Crippen LogP contribution is -2.26. The molecule has 2 heterocycles. The van der Waals surface area contributed by atoms with E-state index in [2.05, 4.69) is 6.07 Å². The maximum atomic E-state index is 12.5. The molecule has 0 aliphatic rings. The zero-order valence-electron chi connectivity index (χ0n) is 13.2. The number of para-hydroxylation sites is 1. The second-order valence-electron chi connectivity index (χ2n) is 6.19. The molecule has 0 spiro atoms. The summed E-state index contributed by atoms with van der Waals surface area (Å²) in [6.45, 7) is 5.51. The topological polar surface area (TPSA) is 55.0 Å². The number of rotatable bonds is 1. The summed E-state index contributed by atoms with van der Waals surface area (Å²) < 4.78 is 6.99. The third kappa shape index (κ3) is 2.86. The van der Waals surface area contributed by atoms with Gasteiger partial charge in [-0.25, -0.2) is 4.79 Å². The summed E-state index contributed by atoms with van der Waals surface area (Å²) in [6, 6.07) is 11.7. The van der Waals surface area contributed by atoms with E-state index >= 15 is 0 Å². The van der Waals surface area contributed by atoms with Crippen LogP contribution in [0.15, 0.2) is 41.9 Å². The van der Waals surface area contributed by atoms with Gasteiger partial charge in [0.1, 0.15) is 16.5 Å². The van der Waals surface area contributed by atoms with Gasteiger partial charge in [-0.15, -0.1) is 11.3 Å². The highest BCUT2D eigenvalue weighted by atomic mass is 32.1. The van der Waals surface area contributed by atoms with Crippen LogP contribution in [0.3, 0.4) is 0 Å². The van der Waals surface area contributed by atoms with Crippen molar-refractivity contribution >= 4 is 28.3 Å². The minimum Gasteiger partial charge on any atom is -0.443 e. The molecule has 1 aromatic carbocycles. The molecule has 0 amide bonds. The predicted octanol–water partition coefficient (Wildman–Crippen LogP) is 5.02. The molecule has 0 saturated carbocycles. The Kier molecular flexibility index (Phi) is 3.70. The Morgan fingerprint density at radius 2 is 1.96 bits per heavy atom. The Morgan fingerprint density at radius 3 is 2.65 bits per heavy atom. The largest absolute Gasteiger partial charge is 0.443 e. The molecule has 0 fully saturated rings. The molecule has 0 N–H and O–H groups in total. The number of ether oxygens (including phenoxy) is 1. The highest BCUT2D eigenvalue weighted by Gasteiger charge is 2.22. The number of hydrogen-bond acceptors (Lipinski definition) is 4. The number of benzene rings is 1. The molecular weight excluding hydrogens is 308 g/mol. The normalized spacial score (nSPS) is 11.4. The molecule has 3 rings (SSSR count). The first-order valence-electron chi connectivity index (χ1n) is 7.22. The van der Waals surface area contributed by atoms with Gasteiger partial charge in [0.15, 0.2) is 0 Å². The molecular formula is C18H16N2O2S. The van der Waals surface area contributed by atoms with Crippen LogP contribution in [0, 0.1) is 11.3 Å². The zero-order chi connectivity index (χ0) is 16.6. The molecule has 0 unspecified atom stereocenters. The van der Waals surface area contributed by atoms with Crippen LogP contribution in [0.1, 0.15) is 25.6 Å². The molecule has 0 bridgehead atoms. The van der Waals surface area contributed by atoms with Crippen LogP contribution in [0.2, 0.25) is 0 Å². The van der Waals surface area contributed by atoms with Crippen molar-refractivity contribution in [3.63, 3.8) is 0 Å². The number of aromatic nitrogens is 1. The van der Waals surface area contributed by atoms with E-state index in [1.807, 2.05) is 56.5 Å². The van der Waals surface area contributed by atoms with Gasteiger partial charge in [-0.2, -0.15) is 5.26 Å². The van der Waals surface area contributed by atoms with Gasteiger partial charge in [0.25, 0.3) is 0 Å². The number of fused-ring (bicyclic) bond motifs is 1. The van der Waals surface area contributed by atoms with Gasteiger partial charge < -0.3 is 4.74 Å². The molecule has 0 saturated heterocycles.